The number of carbonyl (C=O) groups excluding carboxylic acids is 1. The van der Waals surface area contributed by atoms with Crippen molar-refractivity contribution in [2.24, 2.45) is 0 Å². The molecule has 1 amide bonds. The first-order valence-electron chi connectivity index (χ1n) is 10.3. The van der Waals surface area contributed by atoms with Crippen LogP contribution in [0.4, 0.5) is 10.2 Å². The minimum absolute atomic E-state index is 0.148. The predicted octanol–water partition coefficient (Wildman–Crippen LogP) is 4.61. The molecule has 2 saturated heterocycles. The van der Waals surface area contributed by atoms with E-state index in [9.17, 15) is 9.18 Å². The van der Waals surface area contributed by atoms with Gasteiger partial charge in [0.25, 0.3) is 5.91 Å². The van der Waals surface area contributed by atoms with Crippen LogP contribution in [-0.2, 0) is 16.1 Å². The maximum Gasteiger partial charge on any atom is 0.266 e. The van der Waals surface area contributed by atoms with Gasteiger partial charge in [-0.3, -0.25) is 9.69 Å². The van der Waals surface area contributed by atoms with Crippen molar-refractivity contribution >= 4 is 57.0 Å². The Morgan fingerprint density at radius 1 is 1.12 bits per heavy atom. The second-order valence-corrected chi connectivity index (χ2v) is 9.26. The van der Waals surface area contributed by atoms with Crippen molar-refractivity contribution in [2.45, 2.75) is 6.54 Å². The van der Waals surface area contributed by atoms with E-state index in [2.05, 4.69) is 11.0 Å². The number of anilines is 1. The van der Waals surface area contributed by atoms with Crippen LogP contribution in [-0.4, -0.2) is 46.4 Å². The fourth-order valence-electron chi connectivity index (χ4n) is 3.81. The molecule has 5 rings (SSSR count). The zero-order chi connectivity index (χ0) is 22.1. The minimum atomic E-state index is -0.307. The number of amides is 1. The zero-order valence-corrected chi connectivity index (χ0v) is 18.8. The lowest BCUT2D eigenvalue weighted by Crippen LogP contribution is -2.37. The summed E-state index contributed by atoms with van der Waals surface area (Å²) in [6.45, 7) is 3.10. The Balaban J connectivity index is 1.49. The topological polar surface area (TPSA) is 45.7 Å². The molecule has 2 aromatic carbocycles. The minimum Gasteiger partial charge on any atom is -0.378 e. The molecule has 0 bridgehead atoms. The van der Waals surface area contributed by atoms with Gasteiger partial charge in [0.2, 0.25) is 0 Å². The zero-order valence-electron chi connectivity index (χ0n) is 17.2. The highest BCUT2D eigenvalue weighted by molar-refractivity contribution is 8.26. The van der Waals surface area contributed by atoms with Gasteiger partial charge in [-0.15, -0.1) is 0 Å². The van der Waals surface area contributed by atoms with Crippen molar-refractivity contribution in [3.63, 3.8) is 0 Å². The number of fused-ring (bicyclic) bond motifs is 1. The van der Waals surface area contributed by atoms with Gasteiger partial charge in [0.1, 0.15) is 16.0 Å². The molecule has 32 heavy (non-hydrogen) atoms. The van der Waals surface area contributed by atoms with Gasteiger partial charge in [-0.25, -0.2) is 9.37 Å². The number of rotatable bonds is 4. The molecule has 3 aromatic rings. The van der Waals surface area contributed by atoms with E-state index in [4.69, 9.17) is 21.9 Å². The molecule has 2 aliphatic rings. The molecule has 1 aromatic heterocycles. The van der Waals surface area contributed by atoms with Gasteiger partial charge >= 0.3 is 0 Å². The third-order valence-corrected chi connectivity index (χ3v) is 6.83. The summed E-state index contributed by atoms with van der Waals surface area (Å²) in [7, 11) is 0. The maximum absolute atomic E-state index is 13.2. The monoisotopic (exact) mass is 465 g/mol. The Bertz CT molecular complexity index is 1220. The standard InChI is InChI=1S/C24H20FN3O2S2/c25-19-7-5-16(6-8-19)15-28-23(29)21(32-24(28)31)14-18-13-17-3-1-2-4-20(17)26-22(18)27-9-11-30-12-10-27/h1-8,13-14H,9-12,15H2/b21-14-. The van der Waals surface area contributed by atoms with E-state index in [0.29, 0.717) is 29.0 Å². The summed E-state index contributed by atoms with van der Waals surface area (Å²) in [5.74, 6) is 0.389. The number of halogens is 1. The molecule has 0 N–H and O–H groups in total. The van der Waals surface area contributed by atoms with E-state index in [1.165, 1.54) is 23.9 Å². The second kappa shape index (κ2) is 8.97. The molecule has 162 valence electrons. The maximum atomic E-state index is 13.2. The van der Waals surface area contributed by atoms with Gasteiger partial charge in [-0.05, 0) is 35.9 Å². The number of ether oxygens (including phenoxy) is 1. The number of thiocarbonyl (C=S) groups is 1. The highest BCUT2D eigenvalue weighted by Crippen LogP contribution is 2.36. The third kappa shape index (κ3) is 4.26. The second-order valence-electron chi connectivity index (χ2n) is 7.59. The number of hydrogen-bond acceptors (Lipinski definition) is 6. The van der Waals surface area contributed by atoms with Crippen LogP contribution in [0.2, 0.25) is 0 Å². The van der Waals surface area contributed by atoms with E-state index < -0.39 is 0 Å². The summed E-state index contributed by atoms with van der Waals surface area (Å²) in [5.41, 5.74) is 2.62. The van der Waals surface area contributed by atoms with Gasteiger partial charge in [-0.1, -0.05) is 54.3 Å². The highest BCUT2D eigenvalue weighted by Gasteiger charge is 2.32. The molecule has 0 unspecified atom stereocenters. The summed E-state index contributed by atoms with van der Waals surface area (Å²) >= 11 is 6.76. The van der Waals surface area contributed by atoms with Crippen LogP contribution in [0.1, 0.15) is 11.1 Å². The van der Waals surface area contributed by atoms with Gasteiger partial charge in [0.05, 0.1) is 30.2 Å². The molecule has 0 spiro atoms. The molecule has 0 radical (unpaired) electrons. The van der Waals surface area contributed by atoms with Crippen molar-refractivity contribution in [1.29, 1.82) is 0 Å². The van der Waals surface area contributed by atoms with E-state index in [1.54, 1.807) is 17.0 Å². The summed E-state index contributed by atoms with van der Waals surface area (Å²) in [6, 6.07) is 16.1. The Morgan fingerprint density at radius 3 is 2.66 bits per heavy atom. The third-order valence-electron chi connectivity index (χ3n) is 5.46. The fraction of sp³-hybridized carbons (Fsp3) is 0.208. The molecule has 0 saturated carbocycles. The first-order chi connectivity index (χ1) is 15.6. The number of nitrogens with zero attached hydrogens (tertiary/aromatic N) is 3. The number of aromatic nitrogens is 1. The summed E-state index contributed by atoms with van der Waals surface area (Å²) < 4.78 is 19.2. The lowest BCUT2D eigenvalue weighted by Gasteiger charge is -2.29. The van der Waals surface area contributed by atoms with Crippen LogP contribution < -0.4 is 4.90 Å². The normalized spacial score (nSPS) is 18.2. The average Bonchev–Trinajstić information content (AvgIpc) is 3.08. The van der Waals surface area contributed by atoms with Crippen LogP contribution in [0.5, 0.6) is 0 Å². The number of hydrogen-bond donors (Lipinski definition) is 0. The molecule has 3 heterocycles. The van der Waals surface area contributed by atoms with Crippen molar-refractivity contribution in [1.82, 2.24) is 9.88 Å². The Labute approximate surface area is 194 Å². The summed E-state index contributed by atoms with van der Waals surface area (Å²) in [6.07, 6.45) is 1.88. The van der Waals surface area contributed by atoms with E-state index in [-0.39, 0.29) is 11.7 Å². The number of pyridine rings is 1. The summed E-state index contributed by atoms with van der Waals surface area (Å²) in [4.78, 5) is 22.4. The lowest BCUT2D eigenvalue weighted by molar-refractivity contribution is -0.122. The fourth-order valence-corrected chi connectivity index (χ4v) is 5.05. The van der Waals surface area contributed by atoms with Gasteiger partial charge in [-0.2, -0.15) is 0 Å². The molecule has 2 fully saturated rings. The summed E-state index contributed by atoms with van der Waals surface area (Å²) in [5, 5.41) is 1.01. The Morgan fingerprint density at radius 2 is 1.88 bits per heavy atom. The van der Waals surface area contributed by atoms with Crippen molar-refractivity contribution < 1.29 is 13.9 Å². The van der Waals surface area contributed by atoms with Crippen molar-refractivity contribution in [2.75, 3.05) is 31.2 Å². The molecule has 0 aliphatic carbocycles. The molecule has 5 nitrogen and oxygen atoms in total. The van der Waals surface area contributed by atoms with Crippen LogP contribution in [0.25, 0.3) is 17.0 Å². The van der Waals surface area contributed by atoms with Gasteiger partial charge in [0, 0.05) is 24.0 Å². The average molecular weight is 466 g/mol. The molecular weight excluding hydrogens is 445 g/mol. The number of morpholine rings is 1. The van der Waals surface area contributed by atoms with E-state index >= 15 is 0 Å². The van der Waals surface area contributed by atoms with Crippen molar-refractivity contribution in [3.8, 4) is 0 Å². The van der Waals surface area contributed by atoms with E-state index in [1.807, 2.05) is 30.3 Å². The number of carbonyl (C=O) groups is 1. The predicted molar refractivity (Wildman–Crippen MR) is 130 cm³/mol. The van der Waals surface area contributed by atoms with Crippen LogP contribution in [0.15, 0.2) is 59.5 Å². The smallest absolute Gasteiger partial charge is 0.266 e. The number of para-hydroxylation sites is 1. The Kier molecular flexibility index (Phi) is 5.91. The highest BCUT2D eigenvalue weighted by atomic mass is 32.2. The molecule has 2 aliphatic heterocycles. The molecular formula is C24H20FN3O2S2. The molecule has 0 atom stereocenters. The van der Waals surface area contributed by atoms with Crippen LogP contribution in [0, 0.1) is 5.82 Å². The van der Waals surface area contributed by atoms with Crippen LogP contribution in [0.3, 0.4) is 0 Å². The van der Waals surface area contributed by atoms with Crippen LogP contribution >= 0.6 is 24.0 Å². The lowest BCUT2D eigenvalue weighted by atomic mass is 10.1. The SMILES string of the molecule is O=C1/C(=C/c2cc3ccccc3nc2N2CCOCC2)SC(=S)N1Cc1ccc(F)cc1. The quantitative estimate of drug-likeness (QED) is 0.414. The largest absolute Gasteiger partial charge is 0.378 e. The number of benzene rings is 2. The first-order valence-corrected chi connectivity index (χ1v) is 11.5. The van der Waals surface area contributed by atoms with Crippen molar-refractivity contribution in [3.05, 3.63) is 76.4 Å². The first kappa shape index (κ1) is 21.1. The van der Waals surface area contributed by atoms with E-state index in [0.717, 1.165) is 40.9 Å². The Hall–Kier alpha value is -2.81. The van der Waals surface area contributed by atoms with Gasteiger partial charge < -0.3 is 9.64 Å². The van der Waals surface area contributed by atoms with Gasteiger partial charge in [0.15, 0.2) is 0 Å². The number of thioether (sulfide) groups is 1. The molecule has 8 heteroatoms.